The number of aliphatic hydroxyl groups is 1. The maximum atomic E-state index is 12.8. The van der Waals surface area contributed by atoms with Crippen LogP contribution < -0.4 is 14.8 Å². The van der Waals surface area contributed by atoms with Crippen LogP contribution in [0.15, 0.2) is 84.9 Å². The van der Waals surface area contributed by atoms with Crippen molar-refractivity contribution in [2.45, 2.75) is 31.7 Å². The van der Waals surface area contributed by atoms with E-state index in [4.69, 9.17) is 9.47 Å². The third-order valence-electron chi connectivity index (χ3n) is 5.29. The molecule has 3 aromatic carbocycles. The van der Waals surface area contributed by atoms with Crippen LogP contribution in [0.1, 0.15) is 16.7 Å². The largest absolute Gasteiger partial charge is 0.489 e. The van der Waals surface area contributed by atoms with E-state index >= 15 is 0 Å². The Morgan fingerprint density at radius 1 is 0.861 bits per heavy atom. The SMILES string of the molecule is CS(=O)(=O)N[C@H](COCc1ccccc1)C(=O)N[C@H](CO)Cc1ccc(OCc2ccccc2)cc1. The highest BCUT2D eigenvalue weighted by molar-refractivity contribution is 7.88. The van der Waals surface area contributed by atoms with Crippen molar-refractivity contribution in [1.29, 1.82) is 0 Å². The number of ether oxygens (including phenoxy) is 2. The second kappa shape index (κ2) is 13.7. The van der Waals surface area contributed by atoms with Crippen LogP contribution in [0.25, 0.3) is 0 Å². The number of sulfonamides is 1. The first-order valence-corrected chi connectivity index (χ1v) is 13.5. The Kier molecular flexibility index (Phi) is 10.4. The predicted molar refractivity (Wildman–Crippen MR) is 138 cm³/mol. The zero-order valence-electron chi connectivity index (χ0n) is 20.2. The number of carbonyl (C=O) groups excluding carboxylic acids is 1. The third kappa shape index (κ3) is 9.79. The Morgan fingerprint density at radius 3 is 2.00 bits per heavy atom. The lowest BCUT2D eigenvalue weighted by Gasteiger charge is -2.22. The minimum Gasteiger partial charge on any atom is -0.489 e. The molecule has 0 radical (unpaired) electrons. The van der Waals surface area contributed by atoms with Crippen molar-refractivity contribution in [3.63, 3.8) is 0 Å². The lowest BCUT2D eigenvalue weighted by Crippen LogP contribution is -2.52. The van der Waals surface area contributed by atoms with E-state index in [1.54, 1.807) is 0 Å². The second-order valence-electron chi connectivity index (χ2n) is 8.45. The van der Waals surface area contributed by atoms with Gasteiger partial charge in [0.15, 0.2) is 0 Å². The van der Waals surface area contributed by atoms with E-state index < -0.39 is 28.0 Å². The van der Waals surface area contributed by atoms with Crippen molar-refractivity contribution < 1.29 is 27.8 Å². The molecular formula is C27H32N2O6S. The number of nitrogens with one attached hydrogen (secondary N) is 2. The van der Waals surface area contributed by atoms with Crippen LogP contribution >= 0.6 is 0 Å². The van der Waals surface area contributed by atoms with E-state index in [2.05, 4.69) is 10.0 Å². The summed E-state index contributed by atoms with van der Waals surface area (Å²) >= 11 is 0. The van der Waals surface area contributed by atoms with Gasteiger partial charge < -0.3 is 19.9 Å². The monoisotopic (exact) mass is 512 g/mol. The van der Waals surface area contributed by atoms with E-state index in [0.29, 0.717) is 18.8 Å². The van der Waals surface area contributed by atoms with Gasteiger partial charge in [0.2, 0.25) is 15.9 Å². The van der Waals surface area contributed by atoms with Crippen LogP contribution in [0.5, 0.6) is 5.75 Å². The number of rotatable bonds is 14. The Balaban J connectivity index is 1.54. The standard InChI is InChI=1S/C27H32N2O6S/c1-36(32,33)29-26(20-34-18-22-8-4-2-5-9-22)27(31)28-24(17-30)16-21-12-14-25(15-13-21)35-19-23-10-6-3-7-11-23/h2-15,24,26,29-30H,16-20H2,1H3,(H,28,31)/t24-,26+/m0/s1. The minimum atomic E-state index is -3.66. The lowest BCUT2D eigenvalue weighted by molar-refractivity contribution is -0.125. The molecular weight excluding hydrogens is 480 g/mol. The summed E-state index contributed by atoms with van der Waals surface area (Å²) in [6, 6.07) is 24.9. The van der Waals surface area contributed by atoms with Gasteiger partial charge in [-0.2, -0.15) is 0 Å². The van der Waals surface area contributed by atoms with E-state index in [1.807, 2.05) is 84.9 Å². The van der Waals surface area contributed by atoms with Gasteiger partial charge in [-0.05, 0) is 35.2 Å². The van der Waals surface area contributed by atoms with Crippen molar-refractivity contribution in [2.24, 2.45) is 0 Å². The molecule has 9 heteroatoms. The molecule has 0 aliphatic rings. The van der Waals surface area contributed by atoms with Crippen molar-refractivity contribution in [2.75, 3.05) is 19.5 Å². The second-order valence-corrected chi connectivity index (χ2v) is 10.2. The molecule has 3 N–H and O–H groups in total. The van der Waals surface area contributed by atoms with Crippen LogP contribution in [0.4, 0.5) is 0 Å². The summed E-state index contributed by atoms with van der Waals surface area (Å²) in [5, 5.41) is 12.6. The summed E-state index contributed by atoms with van der Waals surface area (Å²) < 4.78 is 37.3. The van der Waals surface area contributed by atoms with E-state index in [1.165, 1.54) is 0 Å². The average molecular weight is 513 g/mol. The Hall–Kier alpha value is -3.24. The van der Waals surface area contributed by atoms with Crippen molar-refractivity contribution in [3.05, 3.63) is 102 Å². The van der Waals surface area contributed by atoms with Gasteiger partial charge in [0.05, 0.1) is 32.1 Å². The fourth-order valence-electron chi connectivity index (χ4n) is 3.50. The zero-order chi connectivity index (χ0) is 25.8. The molecule has 0 bridgehead atoms. The van der Waals surface area contributed by atoms with Gasteiger partial charge in [0.1, 0.15) is 18.4 Å². The molecule has 8 nitrogen and oxygen atoms in total. The minimum absolute atomic E-state index is 0.153. The maximum Gasteiger partial charge on any atom is 0.240 e. The number of amides is 1. The Morgan fingerprint density at radius 2 is 1.44 bits per heavy atom. The fourth-order valence-corrected chi connectivity index (χ4v) is 4.19. The molecule has 0 saturated carbocycles. The summed E-state index contributed by atoms with van der Waals surface area (Å²) in [7, 11) is -3.66. The topological polar surface area (TPSA) is 114 Å². The number of benzene rings is 3. The van der Waals surface area contributed by atoms with Gasteiger partial charge in [-0.1, -0.05) is 72.8 Å². The number of carbonyl (C=O) groups is 1. The molecule has 0 fully saturated rings. The third-order valence-corrected chi connectivity index (χ3v) is 6.00. The fraction of sp³-hybridized carbons (Fsp3) is 0.296. The molecule has 3 aromatic rings. The Bertz CT molecular complexity index is 1170. The van der Waals surface area contributed by atoms with E-state index in [-0.39, 0.29) is 19.8 Å². The summed E-state index contributed by atoms with van der Waals surface area (Å²) in [6.07, 6.45) is 1.34. The average Bonchev–Trinajstić information content (AvgIpc) is 2.87. The first kappa shape index (κ1) is 27.3. The number of hydrogen-bond acceptors (Lipinski definition) is 6. The van der Waals surface area contributed by atoms with Crippen molar-refractivity contribution in [3.8, 4) is 5.75 Å². The highest BCUT2D eigenvalue weighted by Crippen LogP contribution is 2.15. The Labute approximate surface area is 212 Å². The molecule has 0 heterocycles. The maximum absolute atomic E-state index is 12.8. The smallest absolute Gasteiger partial charge is 0.240 e. The molecule has 1 amide bonds. The van der Waals surface area contributed by atoms with Crippen molar-refractivity contribution in [1.82, 2.24) is 10.0 Å². The molecule has 0 aliphatic carbocycles. The molecule has 3 rings (SSSR count). The molecule has 0 unspecified atom stereocenters. The van der Waals surface area contributed by atoms with Gasteiger partial charge in [-0.15, -0.1) is 0 Å². The quantitative estimate of drug-likeness (QED) is 0.306. The van der Waals surface area contributed by atoms with Gasteiger partial charge in [-0.25, -0.2) is 13.1 Å². The highest BCUT2D eigenvalue weighted by atomic mass is 32.2. The summed E-state index contributed by atoms with van der Waals surface area (Å²) in [6.45, 7) is 0.225. The molecule has 0 spiro atoms. The van der Waals surface area contributed by atoms with Gasteiger partial charge in [0, 0.05) is 0 Å². The normalized spacial score (nSPS) is 13.1. The molecule has 0 aromatic heterocycles. The summed E-state index contributed by atoms with van der Waals surface area (Å²) in [4.78, 5) is 12.8. The first-order chi connectivity index (χ1) is 17.3. The van der Waals surface area contributed by atoms with Crippen LogP contribution in [0.2, 0.25) is 0 Å². The molecule has 0 aliphatic heterocycles. The molecule has 36 heavy (non-hydrogen) atoms. The van der Waals surface area contributed by atoms with Crippen LogP contribution in [0, 0.1) is 0 Å². The summed E-state index contributed by atoms with van der Waals surface area (Å²) in [5.74, 6) is 0.135. The zero-order valence-corrected chi connectivity index (χ0v) is 21.0. The molecule has 0 saturated heterocycles. The number of hydrogen-bond donors (Lipinski definition) is 3. The highest BCUT2D eigenvalue weighted by Gasteiger charge is 2.25. The van der Waals surface area contributed by atoms with Crippen LogP contribution in [-0.2, 0) is 39.2 Å². The van der Waals surface area contributed by atoms with Crippen molar-refractivity contribution >= 4 is 15.9 Å². The van der Waals surface area contributed by atoms with E-state index in [9.17, 15) is 18.3 Å². The van der Waals surface area contributed by atoms with Gasteiger partial charge in [0.25, 0.3) is 0 Å². The number of aliphatic hydroxyl groups excluding tert-OH is 1. The van der Waals surface area contributed by atoms with Gasteiger partial charge in [-0.3, -0.25) is 4.79 Å². The van der Waals surface area contributed by atoms with Crippen LogP contribution in [0.3, 0.4) is 0 Å². The van der Waals surface area contributed by atoms with E-state index in [0.717, 1.165) is 22.9 Å². The predicted octanol–water partition coefficient (Wildman–Crippen LogP) is 2.42. The van der Waals surface area contributed by atoms with Gasteiger partial charge >= 0.3 is 0 Å². The van der Waals surface area contributed by atoms with Crippen LogP contribution in [-0.4, -0.2) is 51.0 Å². The lowest BCUT2D eigenvalue weighted by atomic mass is 10.1. The molecule has 192 valence electrons. The molecule has 2 atom stereocenters. The first-order valence-electron chi connectivity index (χ1n) is 11.6. The summed E-state index contributed by atoms with van der Waals surface area (Å²) in [5.41, 5.74) is 2.85.